The van der Waals surface area contributed by atoms with Gasteiger partial charge >= 0.3 is 0 Å². The van der Waals surface area contributed by atoms with Crippen LogP contribution >= 0.6 is 0 Å². The van der Waals surface area contributed by atoms with E-state index in [0.717, 1.165) is 11.1 Å². The molecule has 0 saturated heterocycles. The predicted molar refractivity (Wildman–Crippen MR) is 142 cm³/mol. The van der Waals surface area contributed by atoms with E-state index in [-0.39, 0.29) is 51.1 Å². The second kappa shape index (κ2) is 14.3. The van der Waals surface area contributed by atoms with E-state index in [4.69, 9.17) is 9.47 Å². The first-order valence-electron chi connectivity index (χ1n) is 13.0. The summed E-state index contributed by atoms with van der Waals surface area (Å²) in [5, 5.41) is 12.5. The lowest BCUT2D eigenvalue weighted by atomic mass is 10.0. The van der Waals surface area contributed by atoms with Crippen LogP contribution in [0.5, 0.6) is 5.75 Å². The Morgan fingerprint density at radius 2 is 1.92 bits per heavy atom. The minimum absolute atomic E-state index is 0.101. The molecule has 212 valence electrons. The normalized spacial score (nSPS) is 19.0. The third-order valence-electron chi connectivity index (χ3n) is 6.16. The van der Waals surface area contributed by atoms with Gasteiger partial charge < -0.3 is 30.3 Å². The Morgan fingerprint density at radius 1 is 1.18 bits per heavy atom. The number of benzene rings is 1. The first-order chi connectivity index (χ1) is 18.6. The van der Waals surface area contributed by atoms with Crippen molar-refractivity contribution in [1.82, 2.24) is 30.6 Å². The molecule has 1 aromatic carbocycles. The van der Waals surface area contributed by atoms with E-state index in [0.29, 0.717) is 12.2 Å². The SMILES string of the molecule is COCCN1CC(=O)N[C@@H](C(=O)NCc2cnn(C)c2)Cc2ccc(cc2)OCC(=O)N[C@@H](CC(C)C)C1=O. The third kappa shape index (κ3) is 9.40. The predicted octanol–water partition coefficient (Wildman–Crippen LogP) is 0.162. The van der Waals surface area contributed by atoms with E-state index in [9.17, 15) is 19.2 Å². The fraction of sp³-hybridized carbons (Fsp3) is 0.519. The first-order valence-corrected chi connectivity index (χ1v) is 13.0. The maximum atomic E-state index is 13.5. The lowest BCUT2D eigenvalue weighted by Gasteiger charge is -2.29. The van der Waals surface area contributed by atoms with Gasteiger partial charge in [0.25, 0.3) is 5.91 Å². The van der Waals surface area contributed by atoms with Crippen molar-refractivity contribution < 1.29 is 28.7 Å². The van der Waals surface area contributed by atoms with Crippen LogP contribution in [0.15, 0.2) is 36.7 Å². The number of aromatic nitrogens is 2. The summed E-state index contributed by atoms with van der Waals surface area (Å²) in [5.41, 5.74) is 1.60. The maximum absolute atomic E-state index is 13.5. The molecule has 2 atom stereocenters. The maximum Gasteiger partial charge on any atom is 0.258 e. The smallest absolute Gasteiger partial charge is 0.258 e. The molecule has 0 unspecified atom stereocenters. The van der Waals surface area contributed by atoms with Crippen molar-refractivity contribution in [2.45, 2.75) is 45.3 Å². The molecule has 39 heavy (non-hydrogen) atoms. The van der Waals surface area contributed by atoms with E-state index in [2.05, 4.69) is 21.0 Å². The van der Waals surface area contributed by atoms with Crippen LogP contribution in [0.3, 0.4) is 0 Å². The van der Waals surface area contributed by atoms with Crippen molar-refractivity contribution in [3.05, 3.63) is 47.8 Å². The summed E-state index contributed by atoms with van der Waals surface area (Å²) in [6, 6.07) is 5.22. The summed E-state index contributed by atoms with van der Waals surface area (Å²) in [6.07, 6.45) is 4.04. The van der Waals surface area contributed by atoms with Gasteiger partial charge in [0.1, 0.15) is 17.8 Å². The number of nitrogens with zero attached hydrogens (tertiary/aromatic N) is 3. The number of rotatable bonds is 8. The topological polar surface area (TPSA) is 144 Å². The average Bonchev–Trinajstić information content (AvgIpc) is 3.32. The molecule has 2 bridgehead atoms. The molecule has 4 amide bonds. The molecule has 3 N–H and O–H groups in total. The van der Waals surface area contributed by atoms with Gasteiger partial charge in [0.15, 0.2) is 6.61 Å². The van der Waals surface area contributed by atoms with Crippen LogP contribution in [0.25, 0.3) is 0 Å². The number of amides is 4. The second-order valence-electron chi connectivity index (χ2n) is 10.00. The van der Waals surface area contributed by atoms with Crippen molar-refractivity contribution in [1.29, 1.82) is 0 Å². The van der Waals surface area contributed by atoms with Crippen molar-refractivity contribution in [2.24, 2.45) is 13.0 Å². The standard InChI is InChI=1S/C27H38N6O6/c1-18(2)11-23-27(37)33(9-10-38-4)16-24(34)30-22(26(36)28-13-20-14-29-32(3)15-20)12-19-5-7-21(8-6-19)39-17-25(35)31-23/h5-8,14-15,18,22-23H,9-13,16-17H2,1-4H3,(H,28,36)(H,30,34)(H,31,35)/t22-,23+/m1/s1. The zero-order chi connectivity index (χ0) is 28.4. The number of aryl methyl sites for hydroxylation is 1. The minimum Gasteiger partial charge on any atom is -0.484 e. The molecule has 1 aromatic heterocycles. The number of fused-ring (bicyclic) bond motifs is 13. The van der Waals surface area contributed by atoms with E-state index in [1.165, 1.54) is 12.0 Å². The van der Waals surface area contributed by atoms with Gasteiger partial charge in [0, 0.05) is 45.4 Å². The van der Waals surface area contributed by atoms with Gasteiger partial charge in [-0.2, -0.15) is 5.10 Å². The van der Waals surface area contributed by atoms with E-state index < -0.39 is 29.8 Å². The number of hydrogen-bond donors (Lipinski definition) is 3. The van der Waals surface area contributed by atoms with Gasteiger partial charge in [-0.15, -0.1) is 0 Å². The second-order valence-corrected chi connectivity index (χ2v) is 10.00. The first kappa shape index (κ1) is 29.6. The van der Waals surface area contributed by atoms with Crippen LogP contribution in [0.1, 0.15) is 31.4 Å². The number of hydrogen-bond acceptors (Lipinski definition) is 7. The summed E-state index contributed by atoms with van der Waals surface area (Å²) < 4.78 is 12.4. The molecular weight excluding hydrogens is 504 g/mol. The number of methoxy groups -OCH3 is 1. The summed E-state index contributed by atoms with van der Waals surface area (Å²) in [4.78, 5) is 53.8. The Hall–Kier alpha value is -3.93. The molecular formula is C27H38N6O6. The fourth-order valence-electron chi connectivity index (χ4n) is 4.22. The molecule has 12 heteroatoms. The largest absolute Gasteiger partial charge is 0.484 e. The van der Waals surface area contributed by atoms with Gasteiger partial charge in [-0.3, -0.25) is 23.9 Å². The van der Waals surface area contributed by atoms with Crippen LogP contribution in [0.4, 0.5) is 0 Å². The van der Waals surface area contributed by atoms with Crippen LogP contribution in [0, 0.1) is 5.92 Å². The molecule has 0 radical (unpaired) electrons. The molecule has 0 fully saturated rings. The molecule has 0 aliphatic carbocycles. The van der Waals surface area contributed by atoms with Gasteiger partial charge in [-0.25, -0.2) is 0 Å². The van der Waals surface area contributed by atoms with E-state index >= 15 is 0 Å². The summed E-state index contributed by atoms with van der Waals surface area (Å²) >= 11 is 0. The highest BCUT2D eigenvalue weighted by atomic mass is 16.5. The molecule has 2 aliphatic rings. The lowest BCUT2D eigenvalue weighted by Crippen LogP contribution is -2.55. The van der Waals surface area contributed by atoms with Crippen molar-refractivity contribution in [3.63, 3.8) is 0 Å². The van der Waals surface area contributed by atoms with Gasteiger partial charge in [0.2, 0.25) is 17.7 Å². The van der Waals surface area contributed by atoms with E-state index in [1.807, 2.05) is 13.8 Å². The molecule has 2 aromatic rings. The quantitative estimate of drug-likeness (QED) is 0.403. The molecule has 0 spiro atoms. The summed E-state index contributed by atoms with van der Waals surface area (Å²) in [5.74, 6) is -1.14. The number of nitrogens with one attached hydrogen (secondary N) is 3. The number of ether oxygens (including phenoxy) is 2. The molecule has 2 aliphatic heterocycles. The van der Waals surface area contributed by atoms with Gasteiger partial charge in [0.05, 0.1) is 19.3 Å². The average molecular weight is 543 g/mol. The highest BCUT2D eigenvalue weighted by Crippen LogP contribution is 2.15. The number of carbonyl (C=O) groups is 4. The van der Waals surface area contributed by atoms with Crippen molar-refractivity contribution in [2.75, 3.05) is 33.4 Å². The van der Waals surface area contributed by atoms with Crippen LogP contribution < -0.4 is 20.7 Å². The highest BCUT2D eigenvalue weighted by Gasteiger charge is 2.30. The number of carbonyl (C=O) groups excluding carboxylic acids is 4. The fourth-order valence-corrected chi connectivity index (χ4v) is 4.22. The Bertz CT molecular complexity index is 1130. The van der Waals surface area contributed by atoms with Crippen LogP contribution in [0.2, 0.25) is 0 Å². The Labute approximate surface area is 228 Å². The van der Waals surface area contributed by atoms with Gasteiger partial charge in [-0.05, 0) is 30.0 Å². The van der Waals surface area contributed by atoms with E-state index in [1.54, 1.807) is 48.4 Å². The van der Waals surface area contributed by atoms with Crippen molar-refractivity contribution in [3.8, 4) is 5.75 Å². The third-order valence-corrected chi connectivity index (χ3v) is 6.16. The monoisotopic (exact) mass is 542 g/mol. The molecule has 12 nitrogen and oxygen atoms in total. The summed E-state index contributed by atoms with van der Waals surface area (Å²) in [6.45, 7) is 3.91. The Morgan fingerprint density at radius 3 is 2.56 bits per heavy atom. The van der Waals surface area contributed by atoms with Gasteiger partial charge in [-0.1, -0.05) is 26.0 Å². The minimum atomic E-state index is -0.889. The Kier molecular flexibility index (Phi) is 10.9. The zero-order valence-corrected chi connectivity index (χ0v) is 22.9. The highest BCUT2D eigenvalue weighted by molar-refractivity contribution is 5.93. The molecule has 3 heterocycles. The van der Waals surface area contributed by atoms with Crippen LogP contribution in [-0.4, -0.2) is 83.8 Å². The van der Waals surface area contributed by atoms with Crippen LogP contribution in [-0.2, 0) is 43.9 Å². The van der Waals surface area contributed by atoms with Crippen molar-refractivity contribution >= 4 is 23.6 Å². The molecule has 4 rings (SSSR count). The Balaban J connectivity index is 1.86. The summed E-state index contributed by atoms with van der Waals surface area (Å²) in [7, 11) is 3.29. The molecule has 0 saturated carbocycles. The lowest BCUT2D eigenvalue weighted by molar-refractivity contribution is -0.141. The zero-order valence-electron chi connectivity index (χ0n) is 22.9.